The molecule has 0 saturated heterocycles. The molecule has 11 heteroatoms. The minimum absolute atomic E-state index is 0.0392. The van der Waals surface area contributed by atoms with Gasteiger partial charge >= 0.3 is 5.97 Å². The zero-order chi connectivity index (χ0) is 25.3. The summed E-state index contributed by atoms with van der Waals surface area (Å²) >= 11 is 12.4. The Kier molecular flexibility index (Phi) is 6.90. The molecular formula is C24H14Cl2F3N3O3. The Morgan fingerprint density at radius 3 is 2.14 bits per heavy atom. The van der Waals surface area contributed by atoms with E-state index in [1.165, 1.54) is 18.5 Å². The van der Waals surface area contributed by atoms with Crippen molar-refractivity contribution in [1.29, 1.82) is 0 Å². The van der Waals surface area contributed by atoms with Gasteiger partial charge < -0.3 is 10.4 Å². The van der Waals surface area contributed by atoms with Gasteiger partial charge in [-0.3, -0.25) is 14.8 Å². The van der Waals surface area contributed by atoms with Gasteiger partial charge in [0.05, 0.1) is 21.1 Å². The summed E-state index contributed by atoms with van der Waals surface area (Å²) in [6, 6.07) is 6.61. The summed E-state index contributed by atoms with van der Waals surface area (Å²) in [5.74, 6) is -5.52. The van der Waals surface area contributed by atoms with Crippen molar-refractivity contribution in [3.05, 3.63) is 93.5 Å². The van der Waals surface area contributed by atoms with Gasteiger partial charge in [0, 0.05) is 29.9 Å². The van der Waals surface area contributed by atoms with Gasteiger partial charge in [-0.05, 0) is 29.8 Å². The highest BCUT2D eigenvalue weighted by molar-refractivity contribution is 6.39. The zero-order valence-electron chi connectivity index (χ0n) is 17.5. The number of carboxylic acids is 1. The van der Waals surface area contributed by atoms with Crippen molar-refractivity contribution in [1.82, 2.24) is 15.3 Å². The third-order valence-corrected chi connectivity index (χ3v) is 5.80. The van der Waals surface area contributed by atoms with Gasteiger partial charge in [0.2, 0.25) is 0 Å². The van der Waals surface area contributed by atoms with Crippen molar-refractivity contribution in [3.63, 3.8) is 0 Å². The van der Waals surface area contributed by atoms with Gasteiger partial charge in [0.25, 0.3) is 5.91 Å². The molecule has 178 valence electrons. The Balaban J connectivity index is 1.73. The molecule has 2 N–H and O–H groups in total. The number of halogens is 5. The smallest absolute Gasteiger partial charge is 0.326 e. The lowest BCUT2D eigenvalue weighted by Crippen LogP contribution is -2.43. The van der Waals surface area contributed by atoms with Crippen molar-refractivity contribution in [2.45, 2.75) is 12.5 Å². The van der Waals surface area contributed by atoms with Gasteiger partial charge in [-0.1, -0.05) is 41.4 Å². The van der Waals surface area contributed by atoms with Crippen LogP contribution in [0.25, 0.3) is 22.2 Å². The maximum Gasteiger partial charge on any atom is 0.326 e. The van der Waals surface area contributed by atoms with E-state index in [1.54, 1.807) is 6.07 Å². The summed E-state index contributed by atoms with van der Waals surface area (Å²) in [5, 5.41) is 11.9. The second-order valence-corrected chi connectivity index (χ2v) is 8.25. The van der Waals surface area contributed by atoms with Crippen LogP contribution in [0.2, 0.25) is 10.0 Å². The van der Waals surface area contributed by atoms with E-state index in [0.717, 1.165) is 30.3 Å². The van der Waals surface area contributed by atoms with E-state index in [2.05, 4.69) is 15.3 Å². The van der Waals surface area contributed by atoms with Gasteiger partial charge in [-0.2, -0.15) is 0 Å². The van der Waals surface area contributed by atoms with Gasteiger partial charge in [0.1, 0.15) is 29.1 Å². The predicted octanol–water partition coefficient (Wildman–Crippen LogP) is 5.45. The second-order valence-electron chi connectivity index (χ2n) is 7.44. The number of carboxylic acid groups (broad SMARTS) is 1. The molecule has 0 bridgehead atoms. The highest BCUT2D eigenvalue weighted by Gasteiger charge is 2.26. The fraction of sp³-hybridized carbons (Fsp3) is 0.0833. The lowest BCUT2D eigenvalue weighted by atomic mass is 9.97. The van der Waals surface area contributed by atoms with Crippen molar-refractivity contribution in [3.8, 4) is 11.1 Å². The number of amides is 1. The molecule has 0 spiro atoms. The summed E-state index contributed by atoms with van der Waals surface area (Å²) in [6.45, 7) is 0. The monoisotopic (exact) mass is 519 g/mol. The van der Waals surface area contributed by atoms with E-state index >= 15 is 0 Å². The number of nitrogens with one attached hydrogen (secondary N) is 1. The topological polar surface area (TPSA) is 92.2 Å². The molecule has 0 fully saturated rings. The van der Waals surface area contributed by atoms with E-state index in [0.29, 0.717) is 22.2 Å². The first-order valence-electron chi connectivity index (χ1n) is 10.0. The molecule has 0 aliphatic rings. The van der Waals surface area contributed by atoms with E-state index in [4.69, 9.17) is 23.2 Å². The molecule has 4 rings (SSSR count). The first kappa shape index (κ1) is 24.4. The molecule has 0 aliphatic carbocycles. The fourth-order valence-electron chi connectivity index (χ4n) is 3.64. The summed E-state index contributed by atoms with van der Waals surface area (Å²) in [7, 11) is 0. The standard InChI is InChI=1S/C24H14Cl2F3N3O3/c25-14-9-12(27)10-15(26)19(14)13-5-4-11(21-22(13)31-7-6-30-21)8-18(24(34)35)32-23(33)20-16(28)2-1-3-17(20)29/h1-7,9-10,18H,8H2,(H,32,33)(H,34,35)/t18-/m0/s1. The molecule has 0 radical (unpaired) electrons. The van der Waals surface area contributed by atoms with E-state index in [-0.39, 0.29) is 22.0 Å². The largest absolute Gasteiger partial charge is 0.480 e. The Hall–Kier alpha value is -3.69. The van der Waals surface area contributed by atoms with Crippen molar-refractivity contribution >= 4 is 46.1 Å². The highest BCUT2D eigenvalue weighted by atomic mass is 35.5. The summed E-state index contributed by atoms with van der Waals surface area (Å²) < 4.78 is 41.6. The first-order chi connectivity index (χ1) is 16.7. The maximum absolute atomic E-state index is 14.0. The SMILES string of the molecule is O=C(N[C@@H](Cc1ccc(-c2c(Cl)cc(F)cc2Cl)c2nccnc12)C(=O)O)c1c(F)cccc1F. The Morgan fingerprint density at radius 1 is 0.943 bits per heavy atom. The number of hydrogen-bond acceptors (Lipinski definition) is 4. The number of carbonyl (C=O) groups excluding carboxylic acids is 1. The van der Waals surface area contributed by atoms with E-state index in [9.17, 15) is 27.9 Å². The number of benzene rings is 3. The molecule has 35 heavy (non-hydrogen) atoms. The van der Waals surface area contributed by atoms with Crippen LogP contribution >= 0.6 is 23.2 Å². The molecular weight excluding hydrogens is 506 g/mol. The second kappa shape index (κ2) is 9.89. The van der Waals surface area contributed by atoms with Crippen molar-refractivity contribution in [2.75, 3.05) is 0 Å². The van der Waals surface area contributed by atoms with Crippen LogP contribution in [0.1, 0.15) is 15.9 Å². The number of hydrogen-bond donors (Lipinski definition) is 2. The number of aliphatic carboxylic acids is 1. The molecule has 0 saturated carbocycles. The number of nitrogens with zero attached hydrogens (tertiary/aromatic N) is 2. The van der Waals surface area contributed by atoms with Crippen molar-refractivity contribution < 1.29 is 27.9 Å². The van der Waals surface area contributed by atoms with Gasteiger partial charge in [0.15, 0.2) is 0 Å². The normalized spacial score (nSPS) is 11.9. The Morgan fingerprint density at radius 2 is 1.54 bits per heavy atom. The number of carbonyl (C=O) groups is 2. The van der Waals surface area contributed by atoms with Gasteiger partial charge in [-0.15, -0.1) is 0 Å². The van der Waals surface area contributed by atoms with Crippen LogP contribution in [0, 0.1) is 17.5 Å². The van der Waals surface area contributed by atoms with Crippen molar-refractivity contribution in [2.24, 2.45) is 0 Å². The molecule has 1 aromatic heterocycles. The Bertz CT molecular complexity index is 1440. The molecule has 4 aromatic rings. The third kappa shape index (κ3) is 4.91. The minimum atomic E-state index is -1.55. The molecule has 1 amide bonds. The fourth-order valence-corrected chi connectivity index (χ4v) is 4.31. The van der Waals surface area contributed by atoms with E-state index in [1.807, 2.05) is 0 Å². The van der Waals surface area contributed by atoms with Gasteiger partial charge in [-0.25, -0.2) is 18.0 Å². The molecule has 1 atom stereocenters. The summed E-state index contributed by atoms with van der Waals surface area (Å²) in [4.78, 5) is 32.9. The minimum Gasteiger partial charge on any atom is -0.480 e. The number of rotatable bonds is 6. The maximum atomic E-state index is 14.0. The summed E-state index contributed by atoms with van der Waals surface area (Å²) in [5.41, 5.74) is 0.795. The molecule has 3 aromatic carbocycles. The average molecular weight is 520 g/mol. The lowest BCUT2D eigenvalue weighted by molar-refractivity contribution is -0.139. The molecule has 0 unspecified atom stereocenters. The highest BCUT2D eigenvalue weighted by Crippen LogP contribution is 2.39. The average Bonchev–Trinajstić information content (AvgIpc) is 2.79. The van der Waals surface area contributed by atoms with Crippen LogP contribution in [-0.4, -0.2) is 33.0 Å². The Labute approximate surface area is 206 Å². The third-order valence-electron chi connectivity index (χ3n) is 5.20. The molecule has 0 aliphatic heterocycles. The summed E-state index contributed by atoms with van der Waals surface area (Å²) in [6.07, 6.45) is 2.50. The zero-order valence-corrected chi connectivity index (χ0v) is 19.0. The van der Waals surface area contributed by atoms with Crippen LogP contribution in [0.4, 0.5) is 13.2 Å². The van der Waals surface area contributed by atoms with Crippen LogP contribution in [0.5, 0.6) is 0 Å². The van der Waals surface area contributed by atoms with Crippen LogP contribution in [-0.2, 0) is 11.2 Å². The lowest BCUT2D eigenvalue weighted by Gasteiger charge is -2.17. The molecule has 6 nitrogen and oxygen atoms in total. The number of aromatic nitrogens is 2. The molecule has 1 heterocycles. The van der Waals surface area contributed by atoms with Crippen LogP contribution < -0.4 is 5.32 Å². The number of fused-ring (bicyclic) bond motifs is 1. The first-order valence-corrected chi connectivity index (χ1v) is 10.8. The predicted molar refractivity (Wildman–Crippen MR) is 124 cm³/mol. The quantitative estimate of drug-likeness (QED) is 0.353. The van der Waals surface area contributed by atoms with Crippen LogP contribution in [0.15, 0.2) is 54.9 Å². The van der Waals surface area contributed by atoms with Crippen LogP contribution in [0.3, 0.4) is 0 Å². The van der Waals surface area contributed by atoms with E-state index < -0.39 is 40.9 Å².